The first-order valence-electron chi connectivity index (χ1n) is 12.1. The number of amides is 1. The highest BCUT2D eigenvalue weighted by Gasteiger charge is 2.47. The lowest BCUT2D eigenvalue weighted by atomic mass is 9.93. The summed E-state index contributed by atoms with van der Waals surface area (Å²) >= 11 is 0. The summed E-state index contributed by atoms with van der Waals surface area (Å²) in [6.07, 6.45) is -0.0763. The topological polar surface area (TPSA) is 82.6 Å². The zero-order chi connectivity index (χ0) is 26.3. The molecule has 1 aromatic heterocycles. The number of nitrogens with one attached hydrogen (secondary N) is 1. The number of nitrogens with zero attached hydrogens (tertiary/aromatic N) is 1. The van der Waals surface area contributed by atoms with Crippen LogP contribution in [0, 0.1) is 12.7 Å². The van der Waals surface area contributed by atoms with Crippen molar-refractivity contribution in [2.45, 2.75) is 39.5 Å². The van der Waals surface area contributed by atoms with E-state index in [0.29, 0.717) is 16.9 Å². The number of rotatable bonds is 6. The molecule has 1 aliphatic rings. The van der Waals surface area contributed by atoms with Crippen molar-refractivity contribution in [1.29, 1.82) is 0 Å². The molecule has 0 saturated carbocycles. The van der Waals surface area contributed by atoms with Gasteiger partial charge in [0.25, 0.3) is 11.7 Å². The van der Waals surface area contributed by atoms with Crippen LogP contribution in [-0.4, -0.2) is 32.8 Å². The maximum atomic E-state index is 13.5. The van der Waals surface area contributed by atoms with E-state index in [1.807, 2.05) is 45.0 Å². The molecule has 1 aliphatic heterocycles. The molecule has 5 rings (SSSR count). The molecule has 1 fully saturated rings. The fraction of sp³-hybridized carbons (Fsp3) is 0.200. The first-order valence-corrected chi connectivity index (χ1v) is 12.1. The van der Waals surface area contributed by atoms with E-state index >= 15 is 0 Å². The van der Waals surface area contributed by atoms with Gasteiger partial charge in [-0.1, -0.05) is 42.5 Å². The van der Waals surface area contributed by atoms with E-state index < -0.39 is 23.5 Å². The molecule has 3 aromatic carbocycles. The number of aliphatic hydroxyl groups is 1. The maximum absolute atomic E-state index is 13.5. The number of hydrogen-bond donors (Lipinski definition) is 2. The summed E-state index contributed by atoms with van der Waals surface area (Å²) in [5.41, 5.74) is 3.41. The number of carbonyl (C=O) groups is 2. The van der Waals surface area contributed by atoms with Crippen molar-refractivity contribution in [3.8, 4) is 5.75 Å². The number of ketones is 1. The lowest BCUT2D eigenvalue weighted by molar-refractivity contribution is -0.140. The first-order chi connectivity index (χ1) is 17.7. The molecule has 2 N–H and O–H groups in total. The van der Waals surface area contributed by atoms with Gasteiger partial charge in [-0.3, -0.25) is 9.59 Å². The van der Waals surface area contributed by atoms with Gasteiger partial charge in [0.05, 0.1) is 17.7 Å². The van der Waals surface area contributed by atoms with Crippen molar-refractivity contribution in [3.05, 3.63) is 107 Å². The third kappa shape index (κ3) is 4.48. The Bertz CT molecular complexity index is 1530. The van der Waals surface area contributed by atoms with Crippen molar-refractivity contribution in [3.63, 3.8) is 0 Å². The molecule has 0 radical (unpaired) electrons. The van der Waals surface area contributed by atoms with Crippen LogP contribution >= 0.6 is 0 Å². The van der Waals surface area contributed by atoms with Crippen LogP contribution in [0.3, 0.4) is 0 Å². The number of likely N-dealkylation sites (tertiary alicyclic amines) is 1. The van der Waals surface area contributed by atoms with Gasteiger partial charge in [-0.2, -0.15) is 0 Å². The number of aliphatic hydroxyl groups excluding tert-OH is 1. The molecule has 0 aliphatic carbocycles. The standard InChI is InChI=1S/C30H27FN2O4/c1-17(2)37-22-8-6-7-20(15-22)28(34)26-27(25-18(3)32-24-10-5-4-9-23(24)25)33(30(36)29(26)35)16-19-11-13-21(31)14-12-19/h4-15,17,27,32,34H,16H2,1-3H3/b28-26+. The molecular formula is C30H27FN2O4. The molecule has 0 spiro atoms. The van der Waals surface area contributed by atoms with Crippen LogP contribution in [0.5, 0.6) is 5.75 Å². The van der Waals surface area contributed by atoms with Crippen molar-refractivity contribution < 1.29 is 23.8 Å². The van der Waals surface area contributed by atoms with Gasteiger partial charge in [0.2, 0.25) is 0 Å². The van der Waals surface area contributed by atoms with Gasteiger partial charge in [0, 0.05) is 34.3 Å². The van der Waals surface area contributed by atoms with E-state index in [1.165, 1.54) is 17.0 Å². The number of Topliss-reactive ketones (excluding diaryl/α,β-unsaturated/α-hetero) is 1. The Morgan fingerprint density at radius 2 is 1.78 bits per heavy atom. The molecule has 1 unspecified atom stereocenters. The Hall–Kier alpha value is -4.39. The molecule has 1 atom stereocenters. The van der Waals surface area contributed by atoms with Crippen molar-refractivity contribution >= 4 is 28.4 Å². The van der Waals surface area contributed by atoms with E-state index in [9.17, 15) is 19.1 Å². The average Bonchev–Trinajstić information content (AvgIpc) is 3.32. The minimum absolute atomic E-state index is 0.00154. The summed E-state index contributed by atoms with van der Waals surface area (Å²) in [7, 11) is 0. The lowest BCUT2D eigenvalue weighted by Gasteiger charge is -2.26. The summed E-state index contributed by atoms with van der Waals surface area (Å²) in [6.45, 7) is 5.74. The van der Waals surface area contributed by atoms with Crippen LogP contribution in [-0.2, 0) is 16.1 Å². The van der Waals surface area contributed by atoms with Gasteiger partial charge < -0.3 is 19.7 Å². The van der Waals surface area contributed by atoms with Gasteiger partial charge in [0.1, 0.15) is 17.3 Å². The highest BCUT2D eigenvalue weighted by molar-refractivity contribution is 6.46. The van der Waals surface area contributed by atoms with Gasteiger partial charge in [-0.25, -0.2) is 4.39 Å². The SMILES string of the molecule is Cc1[nH]c2ccccc2c1C1/C(=C(\O)c2cccc(OC(C)C)c2)C(=O)C(=O)N1Cc1ccc(F)cc1. The molecule has 6 nitrogen and oxygen atoms in total. The number of aromatic nitrogens is 1. The number of hydrogen-bond acceptors (Lipinski definition) is 4. The van der Waals surface area contributed by atoms with Gasteiger partial charge in [-0.05, 0) is 56.7 Å². The fourth-order valence-electron chi connectivity index (χ4n) is 4.92. The quantitative estimate of drug-likeness (QED) is 0.193. The van der Waals surface area contributed by atoms with Gasteiger partial charge >= 0.3 is 0 Å². The molecule has 7 heteroatoms. The number of fused-ring (bicyclic) bond motifs is 1. The molecular weight excluding hydrogens is 471 g/mol. The smallest absolute Gasteiger partial charge is 0.295 e. The third-order valence-corrected chi connectivity index (χ3v) is 6.50. The maximum Gasteiger partial charge on any atom is 0.295 e. The lowest BCUT2D eigenvalue weighted by Crippen LogP contribution is -2.29. The Morgan fingerprint density at radius 1 is 1.05 bits per heavy atom. The number of ether oxygens (including phenoxy) is 1. The van der Waals surface area contributed by atoms with Crippen LogP contribution in [0.2, 0.25) is 0 Å². The molecule has 188 valence electrons. The van der Waals surface area contributed by atoms with Crippen molar-refractivity contribution in [1.82, 2.24) is 9.88 Å². The predicted molar refractivity (Wildman–Crippen MR) is 139 cm³/mol. The van der Waals surface area contributed by atoms with Crippen LogP contribution < -0.4 is 4.74 Å². The number of H-pyrrole nitrogens is 1. The second-order valence-corrected chi connectivity index (χ2v) is 9.46. The van der Waals surface area contributed by atoms with Crippen LogP contribution in [0.1, 0.15) is 42.3 Å². The molecule has 2 heterocycles. The van der Waals surface area contributed by atoms with Gasteiger partial charge in [-0.15, -0.1) is 0 Å². The molecule has 1 amide bonds. The number of carbonyl (C=O) groups excluding carboxylic acids is 2. The fourth-order valence-corrected chi connectivity index (χ4v) is 4.92. The number of benzene rings is 3. The molecule has 0 bridgehead atoms. The van der Waals surface area contributed by atoms with Crippen molar-refractivity contribution in [2.24, 2.45) is 0 Å². The monoisotopic (exact) mass is 498 g/mol. The largest absolute Gasteiger partial charge is 0.507 e. The second-order valence-electron chi connectivity index (χ2n) is 9.46. The first kappa shape index (κ1) is 24.3. The van der Waals surface area contributed by atoms with Crippen LogP contribution in [0.25, 0.3) is 16.7 Å². The summed E-state index contributed by atoms with van der Waals surface area (Å²) in [5.74, 6) is -1.62. The number of aromatic amines is 1. The molecule has 1 saturated heterocycles. The Morgan fingerprint density at radius 3 is 2.51 bits per heavy atom. The Labute approximate surface area is 214 Å². The summed E-state index contributed by atoms with van der Waals surface area (Å²) in [4.78, 5) is 31.7. The van der Waals surface area contributed by atoms with Crippen LogP contribution in [0.4, 0.5) is 4.39 Å². The van der Waals surface area contributed by atoms with E-state index in [1.54, 1.807) is 36.4 Å². The molecule has 37 heavy (non-hydrogen) atoms. The predicted octanol–water partition coefficient (Wildman–Crippen LogP) is 6.02. The number of aryl methyl sites for hydroxylation is 1. The third-order valence-electron chi connectivity index (χ3n) is 6.50. The van der Waals surface area contributed by atoms with E-state index in [-0.39, 0.29) is 24.0 Å². The highest BCUT2D eigenvalue weighted by atomic mass is 19.1. The van der Waals surface area contributed by atoms with Crippen LogP contribution in [0.15, 0.2) is 78.4 Å². The Kier molecular flexibility index (Phi) is 6.29. The number of halogens is 1. The minimum atomic E-state index is -0.851. The Balaban J connectivity index is 1.70. The van der Waals surface area contributed by atoms with E-state index in [0.717, 1.165) is 22.2 Å². The normalized spacial score (nSPS) is 17.2. The van der Waals surface area contributed by atoms with E-state index in [2.05, 4.69) is 4.98 Å². The number of para-hydroxylation sites is 1. The van der Waals surface area contributed by atoms with E-state index in [4.69, 9.17) is 4.74 Å². The molecule has 4 aromatic rings. The average molecular weight is 499 g/mol. The summed E-state index contributed by atoms with van der Waals surface area (Å²) in [6, 6.07) is 19.4. The summed E-state index contributed by atoms with van der Waals surface area (Å²) in [5, 5.41) is 12.3. The second kappa shape index (κ2) is 9.58. The highest BCUT2D eigenvalue weighted by Crippen LogP contribution is 2.44. The summed E-state index contributed by atoms with van der Waals surface area (Å²) < 4.78 is 19.3. The van der Waals surface area contributed by atoms with Crippen molar-refractivity contribution in [2.75, 3.05) is 0 Å². The zero-order valence-corrected chi connectivity index (χ0v) is 20.8. The minimum Gasteiger partial charge on any atom is -0.507 e. The van der Waals surface area contributed by atoms with Gasteiger partial charge in [0.15, 0.2) is 0 Å². The zero-order valence-electron chi connectivity index (χ0n) is 20.8.